The molecular weight excluding hydrogens is 212 g/mol. The Labute approximate surface area is 91.3 Å². The number of hydrogen-bond donors (Lipinski definition) is 2. The van der Waals surface area contributed by atoms with Crippen LogP contribution in [0, 0.1) is 0 Å². The van der Waals surface area contributed by atoms with Gasteiger partial charge in [-0.25, -0.2) is 9.59 Å². The van der Waals surface area contributed by atoms with Gasteiger partial charge < -0.3 is 14.9 Å². The van der Waals surface area contributed by atoms with Crippen molar-refractivity contribution < 1.29 is 24.5 Å². The van der Waals surface area contributed by atoms with Gasteiger partial charge in [0.1, 0.15) is 23.0 Å². The van der Waals surface area contributed by atoms with Gasteiger partial charge in [0.2, 0.25) is 0 Å². The molecule has 84 valence electrons. The van der Waals surface area contributed by atoms with Gasteiger partial charge in [0, 0.05) is 6.42 Å². The molecule has 2 rings (SSSR count). The Kier molecular flexibility index (Phi) is 2.30. The Morgan fingerprint density at radius 1 is 1.50 bits per heavy atom. The number of carboxylic acids is 1. The van der Waals surface area contributed by atoms with E-state index < -0.39 is 17.7 Å². The molecule has 1 aromatic carbocycles. The molecule has 0 fully saturated rings. The molecule has 0 aliphatic carbocycles. The highest BCUT2D eigenvalue weighted by molar-refractivity contribution is 6.01. The van der Waals surface area contributed by atoms with E-state index in [4.69, 9.17) is 9.84 Å². The number of rotatable bonds is 1. The van der Waals surface area contributed by atoms with E-state index >= 15 is 0 Å². The standard InChI is InChI=1S/C11H10O5/c1-5-4-6-2-3-7(10(13)14)9(12)8(6)11(15)16-5/h2-3,5,12H,4H2,1H3,(H,13,14)/t5-/m0/s1. The van der Waals surface area contributed by atoms with Crippen molar-refractivity contribution in [3.8, 4) is 5.75 Å². The van der Waals surface area contributed by atoms with Crippen LogP contribution < -0.4 is 0 Å². The predicted molar refractivity (Wildman–Crippen MR) is 53.6 cm³/mol. The maximum Gasteiger partial charge on any atom is 0.342 e. The zero-order chi connectivity index (χ0) is 11.9. The Bertz CT molecular complexity index is 478. The molecule has 1 atom stereocenters. The molecule has 0 spiro atoms. The van der Waals surface area contributed by atoms with Crippen molar-refractivity contribution in [1.82, 2.24) is 0 Å². The van der Waals surface area contributed by atoms with E-state index in [1.165, 1.54) is 12.1 Å². The first-order valence-electron chi connectivity index (χ1n) is 4.80. The first-order valence-corrected chi connectivity index (χ1v) is 4.80. The van der Waals surface area contributed by atoms with E-state index in [2.05, 4.69) is 0 Å². The summed E-state index contributed by atoms with van der Waals surface area (Å²) in [5.74, 6) is -2.46. The minimum Gasteiger partial charge on any atom is -0.506 e. The Morgan fingerprint density at radius 3 is 2.81 bits per heavy atom. The number of esters is 1. The van der Waals surface area contributed by atoms with E-state index in [-0.39, 0.29) is 17.2 Å². The van der Waals surface area contributed by atoms with Crippen LogP contribution in [0.2, 0.25) is 0 Å². The molecule has 0 saturated heterocycles. The normalized spacial score (nSPS) is 18.8. The quantitative estimate of drug-likeness (QED) is 0.697. The minimum atomic E-state index is -1.27. The van der Waals surface area contributed by atoms with Crippen LogP contribution >= 0.6 is 0 Å². The zero-order valence-corrected chi connectivity index (χ0v) is 8.56. The highest BCUT2D eigenvalue weighted by atomic mass is 16.5. The highest BCUT2D eigenvalue weighted by Gasteiger charge is 2.29. The van der Waals surface area contributed by atoms with Crippen LogP contribution in [0.15, 0.2) is 12.1 Å². The maximum absolute atomic E-state index is 11.5. The first kappa shape index (κ1) is 10.5. The summed E-state index contributed by atoms with van der Waals surface area (Å²) in [5, 5.41) is 18.5. The third kappa shape index (κ3) is 1.50. The van der Waals surface area contributed by atoms with Gasteiger partial charge in [0.25, 0.3) is 0 Å². The molecule has 1 aromatic rings. The molecule has 0 aromatic heterocycles. The van der Waals surface area contributed by atoms with Crippen molar-refractivity contribution in [1.29, 1.82) is 0 Å². The van der Waals surface area contributed by atoms with Crippen LogP contribution in [-0.4, -0.2) is 28.3 Å². The molecule has 0 amide bonds. The fraction of sp³-hybridized carbons (Fsp3) is 0.273. The molecule has 16 heavy (non-hydrogen) atoms. The maximum atomic E-state index is 11.5. The molecule has 5 heteroatoms. The molecule has 5 nitrogen and oxygen atoms in total. The number of phenols is 1. The van der Waals surface area contributed by atoms with E-state index in [1.807, 2.05) is 0 Å². The SMILES string of the molecule is C[C@H]1Cc2ccc(C(=O)O)c(O)c2C(=O)O1. The number of cyclic esters (lactones) is 1. The molecule has 1 heterocycles. The lowest BCUT2D eigenvalue weighted by atomic mass is 9.96. The summed E-state index contributed by atoms with van der Waals surface area (Å²) in [6.45, 7) is 1.74. The van der Waals surface area contributed by atoms with Gasteiger partial charge in [-0.05, 0) is 18.6 Å². The van der Waals surface area contributed by atoms with Gasteiger partial charge in [0.15, 0.2) is 0 Å². The summed E-state index contributed by atoms with van der Waals surface area (Å²) in [5.41, 5.74) is 0.300. The number of hydrogen-bond acceptors (Lipinski definition) is 4. The number of carbonyl (C=O) groups excluding carboxylic acids is 1. The minimum absolute atomic E-state index is 0.0296. The highest BCUT2D eigenvalue weighted by Crippen LogP contribution is 2.31. The lowest BCUT2D eigenvalue weighted by Gasteiger charge is -2.22. The Hall–Kier alpha value is -2.04. The number of benzene rings is 1. The third-order valence-electron chi connectivity index (χ3n) is 2.51. The fourth-order valence-corrected chi connectivity index (χ4v) is 1.80. The summed E-state index contributed by atoms with van der Waals surface area (Å²) in [4.78, 5) is 22.3. The second-order valence-electron chi connectivity index (χ2n) is 3.72. The fourth-order valence-electron chi connectivity index (χ4n) is 1.80. The monoisotopic (exact) mass is 222 g/mol. The van der Waals surface area contributed by atoms with Crippen LogP contribution in [0.3, 0.4) is 0 Å². The van der Waals surface area contributed by atoms with Crippen molar-refractivity contribution in [2.45, 2.75) is 19.4 Å². The topological polar surface area (TPSA) is 83.8 Å². The van der Waals surface area contributed by atoms with Gasteiger partial charge in [-0.1, -0.05) is 6.07 Å². The predicted octanol–water partition coefficient (Wildman–Crippen LogP) is 1.19. The summed E-state index contributed by atoms with van der Waals surface area (Å²) in [6, 6.07) is 2.83. The van der Waals surface area contributed by atoms with Gasteiger partial charge in [0.05, 0.1) is 0 Å². The molecule has 0 radical (unpaired) electrons. The summed E-state index contributed by atoms with van der Waals surface area (Å²) < 4.78 is 4.94. The Morgan fingerprint density at radius 2 is 2.19 bits per heavy atom. The average molecular weight is 222 g/mol. The second-order valence-corrected chi connectivity index (χ2v) is 3.72. The average Bonchev–Trinajstić information content (AvgIpc) is 2.15. The third-order valence-corrected chi connectivity index (χ3v) is 2.51. The van der Waals surface area contributed by atoms with E-state index in [0.29, 0.717) is 12.0 Å². The number of aromatic carboxylic acids is 1. The largest absolute Gasteiger partial charge is 0.506 e. The van der Waals surface area contributed by atoms with Gasteiger partial charge >= 0.3 is 11.9 Å². The molecule has 2 N–H and O–H groups in total. The molecule has 0 bridgehead atoms. The van der Waals surface area contributed by atoms with Crippen molar-refractivity contribution in [3.63, 3.8) is 0 Å². The van der Waals surface area contributed by atoms with Crippen LogP contribution in [-0.2, 0) is 11.2 Å². The van der Waals surface area contributed by atoms with E-state index in [9.17, 15) is 14.7 Å². The molecule has 0 unspecified atom stereocenters. The smallest absolute Gasteiger partial charge is 0.342 e. The first-order chi connectivity index (χ1) is 7.50. The van der Waals surface area contributed by atoms with Crippen LogP contribution in [0.4, 0.5) is 0 Å². The van der Waals surface area contributed by atoms with Crippen molar-refractivity contribution in [3.05, 3.63) is 28.8 Å². The lowest BCUT2D eigenvalue weighted by molar-refractivity contribution is 0.0297. The van der Waals surface area contributed by atoms with Crippen LogP contribution in [0.25, 0.3) is 0 Å². The van der Waals surface area contributed by atoms with Crippen molar-refractivity contribution in [2.75, 3.05) is 0 Å². The summed E-state index contributed by atoms with van der Waals surface area (Å²) in [6.07, 6.45) is 0.226. The zero-order valence-electron chi connectivity index (χ0n) is 8.56. The number of carboxylic acid groups (broad SMARTS) is 1. The Balaban J connectivity index is 2.61. The van der Waals surface area contributed by atoms with Crippen LogP contribution in [0.1, 0.15) is 33.2 Å². The molecule has 0 saturated carbocycles. The van der Waals surface area contributed by atoms with Gasteiger partial charge in [-0.15, -0.1) is 0 Å². The van der Waals surface area contributed by atoms with Crippen molar-refractivity contribution in [2.24, 2.45) is 0 Å². The van der Waals surface area contributed by atoms with E-state index in [1.54, 1.807) is 6.92 Å². The number of aromatic hydroxyl groups is 1. The van der Waals surface area contributed by atoms with Gasteiger partial charge in [-0.2, -0.15) is 0 Å². The summed E-state index contributed by atoms with van der Waals surface area (Å²) >= 11 is 0. The molecular formula is C11H10O5. The van der Waals surface area contributed by atoms with Crippen LogP contribution in [0.5, 0.6) is 5.75 Å². The number of ether oxygens (including phenoxy) is 1. The molecule has 1 aliphatic rings. The second kappa shape index (κ2) is 3.52. The van der Waals surface area contributed by atoms with E-state index in [0.717, 1.165) is 0 Å². The number of fused-ring (bicyclic) bond motifs is 1. The summed E-state index contributed by atoms with van der Waals surface area (Å²) in [7, 11) is 0. The lowest BCUT2D eigenvalue weighted by Crippen LogP contribution is -2.25. The number of carbonyl (C=O) groups is 2. The van der Waals surface area contributed by atoms with Gasteiger partial charge in [-0.3, -0.25) is 0 Å². The molecule has 1 aliphatic heterocycles. The van der Waals surface area contributed by atoms with Crippen molar-refractivity contribution >= 4 is 11.9 Å².